The van der Waals surface area contributed by atoms with Gasteiger partial charge in [0.05, 0.1) is 11.7 Å². The van der Waals surface area contributed by atoms with Gasteiger partial charge < -0.3 is 16.0 Å². The number of rotatable bonds is 3. The molecule has 0 bridgehead atoms. The molecule has 1 unspecified atom stereocenters. The van der Waals surface area contributed by atoms with Crippen LogP contribution in [0.4, 0.5) is 15.8 Å². The zero-order valence-corrected chi connectivity index (χ0v) is 12.9. The van der Waals surface area contributed by atoms with E-state index in [0.29, 0.717) is 0 Å². The van der Waals surface area contributed by atoms with Crippen molar-refractivity contribution in [1.29, 1.82) is 0 Å². The quantitative estimate of drug-likeness (QED) is 0.898. The summed E-state index contributed by atoms with van der Waals surface area (Å²) in [6.45, 7) is 3.36. The first-order valence-electron chi connectivity index (χ1n) is 6.19. The molecule has 1 aliphatic heterocycles. The van der Waals surface area contributed by atoms with Crippen LogP contribution in [0.25, 0.3) is 0 Å². The third-order valence-electron chi connectivity index (χ3n) is 3.10. The van der Waals surface area contributed by atoms with E-state index in [1.165, 1.54) is 6.07 Å². The van der Waals surface area contributed by atoms with E-state index < -0.39 is 11.9 Å². The number of nitrogens with zero attached hydrogens (tertiary/aromatic N) is 1. The summed E-state index contributed by atoms with van der Waals surface area (Å²) in [4.78, 5) is 13.7. The van der Waals surface area contributed by atoms with Gasteiger partial charge in [0.25, 0.3) is 0 Å². The normalized spacial score (nSPS) is 15.1. The number of carbonyl (C=O) groups excluding carboxylic acids is 1. The van der Waals surface area contributed by atoms with E-state index in [9.17, 15) is 9.18 Å². The fourth-order valence-corrected chi connectivity index (χ4v) is 2.10. The Morgan fingerprint density at radius 2 is 1.95 bits per heavy atom. The van der Waals surface area contributed by atoms with Gasteiger partial charge in [-0.2, -0.15) is 0 Å². The van der Waals surface area contributed by atoms with Crippen LogP contribution in [0.15, 0.2) is 18.2 Å². The first-order valence-corrected chi connectivity index (χ1v) is 6.19. The molecule has 1 aliphatic rings. The van der Waals surface area contributed by atoms with Crippen molar-refractivity contribution in [2.45, 2.75) is 25.8 Å². The number of halogens is 3. The maximum Gasteiger partial charge on any atom is 0.241 e. The second-order valence-corrected chi connectivity index (χ2v) is 4.61. The van der Waals surface area contributed by atoms with E-state index in [2.05, 4.69) is 10.2 Å². The average molecular weight is 324 g/mol. The van der Waals surface area contributed by atoms with Crippen molar-refractivity contribution < 1.29 is 9.18 Å². The highest BCUT2D eigenvalue weighted by Gasteiger charge is 2.20. The highest BCUT2D eigenvalue weighted by atomic mass is 35.5. The predicted molar refractivity (Wildman–Crippen MR) is 84.6 cm³/mol. The van der Waals surface area contributed by atoms with E-state index in [0.717, 1.165) is 31.6 Å². The Bertz CT molecular complexity index is 451. The molecule has 2 rings (SSSR count). The van der Waals surface area contributed by atoms with Crippen molar-refractivity contribution in [2.24, 2.45) is 5.73 Å². The summed E-state index contributed by atoms with van der Waals surface area (Å²) in [5.74, 6) is -0.797. The second-order valence-electron chi connectivity index (χ2n) is 4.61. The molecule has 0 aromatic heterocycles. The van der Waals surface area contributed by atoms with E-state index >= 15 is 0 Å². The molecule has 1 amide bonds. The minimum atomic E-state index is -0.656. The van der Waals surface area contributed by atoms with Gasteiger partial charge in [-0.25, -0.2) is 4.39 Å². The summed E-state index contributed by atoms with van der Waals surface area (Å²) in [6, 6.07) is 4.17. The van der Waals surface area contributed by atoms with Gasteiger partial charge in [-0.15, -0.1) is 24.8 Å². The number of nitrogens with one attached hydrogen (secondary N) is 1. The summed E-state index contributed by atoms with van der Waals surface area (Å²) < 4.78 is 13.8. The van der Waals surface area contributed by atoms with Crippen molar-refractivity contribution in [1.82, 2.24) is 0 Å². The minimum absolute atomic E-state index is 0. The standard InChI is InChI=1S/C13H18FN3O.2ClH/c1-9(15)13(18)16-12-10(14)5-4-6-11(12)17-7-2-3-8-17;;/h4-6,9H,2-3,7-8,15H2,1H3,(H,16,18);2*1H. The van der Waals surface area contributed by atoms with Gasteiger partial charge in [0.2, 0.25) is 5.91 Å². The topological polar surface area (TPSA) is 58.4 Å². The maximum absolute atomic E-state index is 13.8. The van der Waals surface area contributed by atoms with Gasteiger partial charge in [0.1, 0.15) is 11.5 Å². The number of nitrogens with two attached hydrogens (primary N) is 1. The molecule has 1 atom stereocenters. The number of anilines is 2. The largest absolute Gasteiger partial charge is 0.370 e. The molecule has 3 N–H and O–H groups in total. The van der Waals surface area contributed by atoms with Crippen LogP contribution in [0.3, 0.4) is 0 Å². The highest BCUT2D eigenvalue weighted by Crippen LogP contribution is 2.31. The Balaban J connectivity index is 0.00000180. The van der Waals surface area contributed by atoms with Crippen LogP contribution in [0.2, 0.25) is 0 Å². The van der Waals surface area contributed by atoms with Gasteiger partial charge in [-0.1, -0.05) is 6.07 Å². The molecule has 1 saturated heterocycles. The summed E-state index contributed by atoms with van der Waals surface area (Å²) >= 11 is 0. The molecule has 20 heavy (non-hydrogen) atoms. The Morgan fingerprint density at radius 3 is 2.50 bits per heavy atom. The van der Waals surface area contributed by atoms with E-state index in [1.807, 2.05) is 6.07 Å². The third kappa shape index (κ3) is 4.23. The van der Waals surface area contributed by atoms with Crippen LogP contribution in [-0.4, -0.2) is 25.0 Å². The molecule has 0 radical (unpaired) electrons. The third-order valence-corrected chi connectivity index (χ3v) is 3.10. The van der Waals surface area contributed by atoms with E-state index in [1.54, 1.807) is 13.0 Å². The number of carbonyl (C=O) groups is 1. The molecule has 1 heterocycles. The van der Waals surface area contributed by atoms with Crippen molar-refractivity contribution in [3.05, 3.63) is 24.0 Å². The van der Waals surface area contributed by atoms with Crippen LogP contribution >= 0.6 is 24.8 Å². The molecule has 4 nitrogen and oxygen atoms in total. The Morgan fingerprint density at radius 1 is 1.35 bits per heavy atom. The number of para-hydroxylation sites is 1. The average Bonchev–Trinajstić information content (AvgIpc) is 2.85. The van der Waals surface area contributed by atoms with Gasteiger partial charge >= 0.3 is 0 Å². The first kappa shape index (κ1) is 19.0. The Labute approximate surface area is 130 Å². The highest BCUT2D eigenvalue weighted by molar-refractivity contribution is 5.97. The van der Waals surface area contributed by atoms with Crippen molar-refractivity contribution in [3.63, 3.8) is 0 Å². The fourth-order valence-electron chi connectivity index (χ4n) is 2.10. The molecule has 1 aromatic rings. The van der Waals surface area contributed by atoms with Gasteiger partial charge in [0.15, 0.2) is 0 Å². The van der Waals surface area contributed by atoms with Crippen molar-refractivity contribution in [3.8, 4) is 0 Å². The SMILES string of the molecule is CC(N)C(=O)Nc1c(F)cccc1N1CCCC1.Cl.Cl. The molecular formula is C13H20Cl2FN3O. The lowest BCUT2D eigenvalue weighted by atomic mass is 10.2. The number of amides is 1. The lowest BCUT2D eigenvalue weighted by molar-refractivity contribution is -0.117. The smallest absolute Gasteiger partial charge is 0.241 e. The Hall–Kier alpha value is -1.04. The number of hydrogen-bond donors (Lipinski definition) is 2. The van der Waals surface area contributed by atoms with Crippen LogP contribution < -0.4 is 16.0 Å². The molecule has 1 aromatic carbocycles. The molecule has 0 spiro atoms. The lowest BCUT2D eigenvalue weighted by Crippen LogP contribution is -2.33. The van der Waals surface area contributed by atoms with Crippen LogP contribution in [0, 0.1) is 5.82 Å². The van der Waals surface area contributed by atoms with Gasteiger partial charge in [0, 0.05) is 13.1 Å². The first-order chi connectivity index (χ1) is 8.59. The zero-order chi connectivity index (χ0) is 13.1. The lowest BCUT2D eigenvalue weighted by Gasteiger charge is -2.22. The summed E-state index contributed by atoms with van der Waals surface area (Å²) in [5.41, 5.74) is 6.46. The number of hydrogen-bond acceptors (Lipinski definition) is 3. The van der Waals surface area contributed by atoms with Crippen LogP contribution in [0.5, 0.6) is 0 Å². The summed E-state index contributed by atoms with van der Waals surface area (Å²) in [6.07, 6.45) is 2.19. The molecule has 0 aliphatic carbocycles. The summed E-state index contributed by atoms with van der Waals surface area (Å²) in [7, 11) is 0. The van der Waals surface area contributed by atoms with Crippen LogP contribution in [0.1, 0.15) is 19.8 Å². The van der Waals surface area contributed by atoms with Crippen molar-refractivity contribution >= 4 is 42.1 Å². The fraction of sp³-hybridized carbons (Fsp3) is 0.462. The predicted octanol–water partition coefficient (Wildman–Crippen LogP) is 2.56. The molecule has 7 heteroatoms. The molecule has 1 fully saturated rings. The number of benzene rings is 1. The van der Waals surface area contributed by atoms with Gasteiger partial charge in [-0.3, -0.25) is 4.79 Å². The molecule has 0 saturated carbocycles. The Kier molecular flexibility index (Phi) is 7.86. The van der Waals surface area contributed by atoms with Gasteiger partial charge in [-0.05, 0) is 31.9 Å². The van der Waals surface area contributed by atoms with Crippen molar-refractivity contribution in [2.75, 3.05) is 23.3 Å². The minimum Gasteiger partial charge on any atom is -0.370 e. The maximum atomic E-state index is 13.8. The monoisotopic (exact) mass is 323 g/mol. The second kappa shape index (κ2) is 8.29. The molecule has 114 valence electrons. The summed E-state index contributed by atoms with van der Waals surface area (Å²) in [5, 5.41) is 2.57. The van der Waals surface area contributed by atoms with Crippen LogP contribution in [-0.2, 0) is 4.79 Å². The van der Waals surface area contributed by atoms with E-state index in [4.69, 9.17) is 5.73 Å². The molecular weight excluding hydrogens is 304 g/mol. The van der Waals surface area contributed by atoms with E-state index in [-0.39, 0.29) is 36.4 Å². The zero-order valence-electron chi connectivity index (χ0n) is 11.3.